The molecule has 4 atom stereocenters. The van der Waals surface area contributed by atoms with Gasteiger partial charge in [-0.3, -0.25) is 33.7 Å². The molecule has 30 heteroatoms. The highest BCUT2D eigenvalue weighted by molar-refractivity contribution is 7.92. The molecule has 0 unspecified atom stereocenters. The zero-order valence-corrected chi connectivity index (χ0v) is 34.5. The lowest BCUT2D eigenvalue weighted by molar-refractivity contribution is -0.141. The molecule has 7 amide bonds. The van der Waals surface area contributed by atoms with Crippen molar-refractivity contribution in [3.05, 3.63) is 47.3 Å². The maximum Gasteiger partial charge on any atom is 0.327 e. The van der Waals surface area contributed by atoms with E-state index in [9.17, 15) is 69.0 Å². The van der Waals surface area contributed by atoms with Gasteiger partial charge in [0, 0.05) is 18.1 Å². The molecule has 62 heavy (non-hydrogen) atoms. The van der Waals surface area contributed by atoms with Crippen molar-refractivity contribution >= 4 is 94.2 Å². The number of hydrogen-bond acceptors (Lipinski definition) is 13. The number of sulfonamides is 1. The van der Waals surface area contributed by atoms with Crippen LogP contribution in [0.15, 0.2) is 28.1 Å². The summed E-state index contributed by atoms with van der Waals surface area (Å²) in [6, 6.07) is -4.57. The second kappa shape index (κ2) is 23.6. The van der Waals surface area contributed by atoms with Gasteiger partial charge in [-0.1, -0.05) is 0 Å². The van der Waals surface area contributed by atoms with Gasteiger partial charge in [0.1, 0.15) is 29.9 Å². The highest BCUT2D eigenvalue weighted by Gasteiger charge is 2.34. The van der Waals surface area contributed by atoms with Crippen molar-refractivity contribution < 1.29 is 73.8 Å². The Hall–Kier alpha value is -6.30. The molecule has 0 saturated carbocycles. The normalized spacial score (nSPS) is 12.9. The molecular formula is C32H40F5N11O11S3. The number of amides is 7. The smallest absolute Gasteiger partial charge is 0.327 e. The Morgan fingerprint density at radius 1 is 0.790 bits per heavy atom. The van der Waals surface area contributed by atoms with Crippen molar-refractivity contribution in [2.24, 2.45) is 22.2 Å². The molecule has 0 spiro atoms. The van der Waals surface area contributed by atoms with Gasteiger partial charge in [-0.25, -0.2) is 40.0 Å². The first kappa shape index (κ1) is 51.8. The average Bonchev–Trinajstić information content (AvgIpc) is 3.19. The zero-order chi connectivity index (χ0) is 47.1. The Morgan fingerprint density at radius 2 is 1.35 bits per heavy atom. The second-order valence-electron chi connectivity index (χ2n) is 12.4. The van der Waals surface area contributed by atoms with Gasteiger partial charge in [-0.15, -0.1) is 0 Å². The number of guanidine groups is 1. The van der Waals surface area contributed by atoms with Gasteiger partial charge in [0.2, 0.25) is 35.4 Å². The summed E-state index contributed by atoms with van der Waals surface area (Å²) in [4.78, 5) is 89.3. The van der Waals surface area contributed by atoms with Crippen LogP contribution >= 0.6 is 25.3 Å². The molecule has 0 radical (unpaired) electrons. The summed E-state index contributed by atoms with van der Waals surface area (Å²) < 4.78 is 102. The van der Waals surface area contributed by atoms with E-state index in [0.29, 0.717) is 0 Å². The van der Waals surface area contributed by atoms with E-state index in [4.69, 9.17) is 21.9 Å². The number of aliphatic carboxylic acids is 1. The van der Waals surface area contributed by atoms with E-state index >= 15 is 0 Å². The molecule has 0 bridgehead atoms. The summed E-state index contributed by atoms with van der Waals surface area (Å²) in [6.07, 6.45) is -0.885. The van der Waals surface area contributed by atoms with E-state index in [1.807, 2.05) is 0 Å². The molecule has 22 nitrogen and oxygen atoms in total. The number of carboxylic acid groups (broad SMARTS) is 1. The third kappa shape index (κ3) is 15.0. The minimum atomic E-state index is -5.50. The standard InChI is InChI=1S/C32H40F5N11O11S3/c1-59-18-5-4-12(48-62(57,58)26-24(36)22(34)21(33)23(35)25(26)37)7-14(18)46-32(56)47-16(10-60)29(53)44-13(3-2-6-41-31(39)40)27(51)42-9-20(50)43-15(8-19(38)49)28(52)45-17(11-61)30(54)55/h4-5,7,13,15-17,48,60-61H,2-3,6,8-11H2,1H3,(H2,38,49)(H,42,51)(H,43,50)(H,44,53)(H,45,52)(H,54,55)(H4,39,40,41)(H2,46,47,56)/t13-,15-,16-,17-/m0/s1. The van der Waals surface area contributed by atoms with Crippen molar-refractivity contribution in [2.45, 2.75) is 48.3 Å². The number of aliphatic imine (C=N–C) groups is 1. The molecule has 0 aromatic heterocycles. The summed E-state index contributed by atoms with van der Waals surface area (Å²) in [5, 5.41) is 22.4. The zero-order valence-electron chi connectivity index (χ0n) is 31.9. The van der Waals surface area contributed by atoms with Crippen LogP contribution in [0, 0.1) is 29.1 Å². The Kier molecular flexibility index (Phi) is 19.8. The fourth-order valence-electron chi connectivity index (χ4n) is 4.86. The van der Waals surface area contributed by atoms with Crippen LogP contribution < -0.4 is 58.6 Å². The predicted molar refractivity (Wildman–Crippen MR) is 214 cm³/mol. The highest BCUT2D eigenvalue weighted by atomic mass is 32.2. The Bertz CT molecular complexity index is 2160. The second-order valence-corrected chi connectivity index (χ2v) is 14.7. The number of nitrogens with two attached hydrogens (primary N) is 3. The maximum absolute atomic E-state index is 14.3. The number of halogens is 5. The summed E-state index contributed by atoms with van der Waals surface area (Å²) in [7, 11) is -4.39. The number of carboxylic acids is 1. The first-order valence-electron chi connectivity index (χ1n) is 17.2. The van der Waals surface area contributed by atoms with Crippen LogP contribution in [0.1, 0.15) is 19.3 Å². The van der Waals surface area contributed by atoms with Crippen LogP contribution in [0.25, 0.3) is 0 Å². The van der Waals surface area contributed by atoms with Crippen LogP contribution in [0.2, 0.25) is 0 Å². The van der Waals surface area contributed by atoms with Crippen molar-refractivity contribution in [3.63, 3.8) is 0 Å². The molecule has 0 aliphatic heterocycles. The molecule has 0 heterocycles. The number of primary amides is 1. The van der Waals surface area contributed by atoms with Crippen LogP contribution in [-0.2, 0) is 38.8 Å². The third-order valence-corrected chi connectivity index (χ3v) is 9.93. The van der Waals surface area contributed by atoms with Gasteiger partial charge in [-0.05, 0) is 31.0 Å². The molecular weight excluding hydrogens is 906 g/mol. The van der Waals surface area contributed by atoms with Crippen LogP contribution in [0.3, 0.4) is 0 Å². The predicted octanol–water partition coefficient (Wildman–Crippen LogP) is -1.87. The highest BCUT2D eigenvalue weighted by Crippen LogP contribution is 2.31. The van der Waals surface area contributed by atoms with Crippen molar-refractivity contribution in [3.8, 4) is 5.75 Å². The van der Waals surface area contributed by atoms with Crippen LogP contribution in [0.4, 0.5) is 38.1 Å². The first-order chi connectivity index (χ1) is 29.0. The number of carbonyl (C=O) groups is 7. The van der Waals surface area contributed by atoms with Gasteiger partial charge in [0.25, 0.3) is 10.0 Å². The lowest BCUT2D eigenvalue weighted by atomic mass is 10.1. The van der Waals surface area contributed by atoms with E-state index in [0.717, 1.165) is 25.3 Å². The molecule has 2 aromatic rings. The number of rotatable bonds is 23. The Balaban J connectivity index is 2.23. The number of ether oxygens (including phenoxy) is 1. The van der Waals surface area contributed by atoms with E-state index in [1.165, 1.54) is 0 Å². The quantitative estimate of drug-likeness (QED) is 0.0111. The van der Waals surface area contributed by atoms with E-state index in [2.05, 4.69) is 62.2 Å². The average molecular weight is 946 g/mol. The summed E-state index contributed by atoms with van der Waals surface area (Å²) in [5.74, 6) is -20.9. The van der Waals surface area contributed by atoms with Crippen LogP contribution in [0.5, 0.6) is 5.75 Å². The summed E-state index contributed by atoms with van der Waals surface area (Å²) >= 11 is 7.85. The van der Waals surface area contributed by atoms with Gasteiger partial charge in [-0.2, -0.15) is 25.3 Å². The van der Waals surface area contributed by atoms with Gasteiger partial charge in [0.15, 0.2) is 34.1 Å². The minimum Gasteiger partial charge on any atom is -0.495 e. The molecule has 342 valence electrons. The van der Waals surface area contributed by atoms with Gasteiger partial charge in [0.05, 0.1) is 31.5 Å². The largest absolute Gasteiger partial charge is 0.495 e. The number of anilines is 2. The number of carbonyl (C=O) groups excluding carboxylic acids is 6. The maximum atomic E-state index is 14.3. The fraction of sp³-hybridized carbons (Fsp3) is 0.375. The number of nitrogens with zero attached hydrogens (tertiary/aromatic N) is 1. The summed E-state index contributed by atoms with van der Waals surface area (Å²) in [6.45, 7) is -0.892. The number of methoxy groups -OCH3 is 1. The lowest BCUT2D eigenvalue weighted by Gasteiger charge is -2.23. The Labute approximate surface area is 358 Å². The minimum absolute atomic E-state index is 0.0364. The van der Waals surface area contributed by atoms with Crippen molar-refractivity contribution in [1.82, 2.24) is 26.6 Å². The lowest BCUT2D eigenvalue weighted by Crippen LogP contribution is -2.57. The topological polar surface area (TPSA) is 358 Å². The van der Waals surface area contributed by atoms with Gasteiger partial charge >= 0.3 is 12.0 Å². The number of nitrogens with one attached hydrogen (secondary N) is 7. The molecule has 14 N–H and O–H groups in total. The number of urea groups is 1. The van der Waals surface area contributed by atoms with E-state index in [1.54, 1.807) is 4.72 Å². The summed E-state index contributed by atoms with van der Waals surface area (Å²) in [5.41, 5.74) is 14.8. The van der Waals surface area contributed by atoms with Crippen LogP contribution in [-0.4, -0.2) is 117 Å². The third-order valence-electron chi connectivity index (χ3n) is 7.80. The molecule has 0 fully saturated rings. The molecule has 2 aromatic carbocycles. The monoisotopic (exact) mass is 945 g/mol. The fourth-order valence-corrected chi connectivity index (χ4v) is 6.55. The number of hydrogen-bond donors (Lipinski definition) is 13. The molecule has 2 rings (SSSR count). The van der Waals surface area contributed by atoms with Crippen molar-refractivity contribution in [1.29, 1.82) is 0 Å². The molecule has 0 aliphatic carbocycles. The SMILES string of the molecule is COc1ccc(NS(=O)(=O)c2c(F)c(F)c(F)c(F)c2F)cc1NC(=O)N[C@@H](CS)C(=O)N[C@@H](CCCN=C(N)N)C(=O)NCC(=O)N[C@@H](CC(N)=O)C(=O)N[C@@H](CS)C(=O)O. The van der Waals surface area contributed by atoms with E-state index < -0.39 is 134 Å². The van der Waals surface area contributed by atoms with E-state index in [-0.39, 0.29) is 42.5 Å². The number of thiol groups is 2. The molecule has 0 saturated heterocycles. The van der Waals surface area contributed by atoms with Gasteiger partial charge < -0.3 is 58.9 Å². The van der Waals surface area contributed by atoms with Crippen molar-refractivity contribution in [2.75, 3.05) is 41.7 Å². The number of benzene rings is 2. The molecule has 0 aliphatic rings. The Morgan fingerprint density at radius 3 is 1.89 bits per heavy atom. The first-order valence-corrected chi connectivity index (χ1v) is 20.0.